The van der Waals surface area contributed by atoms with Crippen molar-refractivity contribution in [2.45, 2.75) is 19.8 Å². The molecule has 7 heteroatoms. The fourth-order valence-corrected chi connectivity index (χ4v) is 4.76. The van der Waals surface area contributed by atoms with E-state index in [1.165, 1.54) is 0 Å². The molecule has 0 bridgehead atoms. The quantitative estimate of drug-likeness (QED) is 0.732. The summed E-state index contributed by atoms with van der Waals surface area (Å²) in [5.41, 5.74) is 0.611. The Morgan fingerprint density at radius 2 is 1.70 bits per heavy atom. The van der Waals surface area contributed by atoms with Crippen molar-refractivity contribution in [2.75, 3.05) is 46.0 Å². The van der Waals surface area contributed by atoms with Crippen molar-refractivity contribution in [1.29, 1.82) is 0 Å². The number of ether oxygens (including phenoxy) is 2. The van der Waals surface area contributed by atoms with E-state index in [0.717, 1.165) is 35.7 Å². The van der Waals surface area contributed by atoms with Gasteiger partial charge < -0.3 is 19.3 Å². The molecule has 0 saturated carbocycles. The predicted octanol–water partition coefficient (Wildman–Crippen LogP) is 3.46. The maximum absolute atomic E-state index is 12.9. The van der Waals surface area contributed by atoms with Crippen LogP contribution in [0.25, 0.3) is 0 Å². The molecule has 2 aromatic rings. The standard InChI is InChI=1S/C23H28N2O4S/c1-17-6-7-21(30-17)23(27)24-10-8-18(9-11-24)16-29-20-5-3-2-4-19(20)22(26)25-12-14-28-15-13-25/h2-7,18H,8-16H2,1H3. The second-order valence-electron chi connectivity index (χ2n) is 7.86. The van der Waals surface area contributed by atoms with Gasteiger partial charge in [0.15, 0.2) is 0 Å². The highest BCUT2D eigenvalue weighted by molar-refractivity contribution is 7.13. The van der Waals surface area contributed by atoms with Crippen molar-refractivity contribution in [2.24, 2.45) is 5.92 Å². The van der Waals surface area contributed by atoms with Crippen molar-refractivity contribution in [3.8, 4) is 5.75 Å². The zero-order valence-electron chi connectivity index (χ0n) is 17.3. The monoisotopic (exact) mass is 428 g/mol. The highest BCUT2D eigenvalue weighted by Gasteiger charge is 2.26. The minimum Gasteiger partial charge on any atom is -0.492 e. The second kappa shape index (κ2) is 9.62. The topological polar surface area (TPSA) is 59.1 Å². The van der Waals surface area contributed by atoms with Crippen molar-refractivity contribution >= 4 is 23.2 Å². The highest BCUT2D eigenvalue weighted by atomic mass is 32.1. The predicted molar refractivity (Wildman–Crippen MR) is 116 cm³/mol. The van der Waals surface area contributed by atoms with Gasteiger partial charge in [0.05, 0.1) is 30.3 Å². The lowest BCUT2D eigenvalue weighted by atomic mass is 9.97. The van der Waals surface area contributed by atoms with Gasteiger partial charge in [0.25, 0.3) is 11.8 Å². The maximum atomic E-state index is 12.9. The Kier molecular flexibility index (Phi) is 6.69. The fourth-order valence-electron chi connectivity index (χ4n) is 3.92. The van der Waals surface area contributed by atoms with Gasteiger partial charge in [-0.1, -0.05) is 12.1 Å². The molecule has 0 radical (unpaired) electrons. The number of likely N-dealkylation sites (tertiary alicyclic amines) is 1. The lowest BCUT2D eigenvalue weighted by molar-refractivity contribution is 0.0299. The van der Waals surface area contributed by atoms with Crippen LogP contribution >= 0.6 is 11.3 Å². The lowest BCUT2D eigenvalue weighted by Gasteiger charge is -2.32. The third-order valence-corrected chi connectivity index (χ3v) is 6.73. The number of para-hydroxylation sites is 1. The largest absolute Gasteiger partial charge is 0.492 e. The average Bonchev–Trinajstić information content (AvgIpc) is 3.24. The first-order valence-electron chi connectivity index (χ1n) is 10.6. The molecule has 6 nitrogen and oxygen atoms in total. The summed E-state index contributed by atoms with van der Waals surface area (Å²) in [6.07, 6.45) is 1.82. The van der Waals surface area contributed by atoms with E-state index in [2.05, 4.69) is 0 Å². The summed E-state index contributed by atoms with van der Waals surface area (Å²) in [7, 11) is 0. The van der Waals surface area contributed by atoms with Crippen LogP contribution in [0.3, 0.4) is 0 Å². The molecule has 2 amide bonds. The van der Waals surface area contributed by atoms with Gasteiger partial charge in [-0.05, 0) is 49.9 Å². The Bertz CT molecular complexity index is 883. The van der Waals surface area contributed by atoms with Gasteiger partial charge in [-0.3, -0.25) is 9.59 Å². The van der Waals surface area contributed by atoms with Crippen LogP contribution in [0.15, 0.2) is 36.4 Å². The van der Waals surface area contributed by atoms with Crippen LogP contribution in [0.1, 0.15) is 37.7 Å². The molecule has 2 aliphatic rings. The summed E-state index contributed by atoms with van der Waals surface area (Å²) in [6, 6.07) is 11.4. The molecule has 160 valence electrons. The summed E-state index contributed by atoms with van der Waals surface area (Å²) in [5.74, 6) is 1.15. The van der Waals surface area contributed by atoms with Crippen molar-refractivity contribution in [1.82, 2.24) is 9.80 Å². The maximum Gasteiger partial charge on any atom is 0.263 e. The Morgan fingerprint density at radius 3 is 2.40 bits per heavy atom. The first kappa shape index (κ1) is 20.9. The minimum absolute atomic E-state index is 0.000516. The molecular formula is C23H28N2O4S. The van der Waals surface area contributed by atoms with Crippen LogP contribution < -0.4 is 4.74 Å². The number of hydrogen-bond donors (Lipinski definition) is 0. The number of morpholine rings is 1. The Labute approximate surface area is 181 Å². The van der Waals surface area contributed by atoms with Crippen LogP contribution in [0.5, 0.6) is 5.75 Å². The number of aryl methyl sites for hydroxylation is 1. The van der Waals surface area contributed by atoms with E-state index in [0.29, 0.717) is 50.1 Å². The zero-order valence-corrected chi connectivity index (χ0v) is 18.2. The molecule has 0 spiro atoms. The molecule has 2 aliphatic heterocycles. The number of thiophene rings is 1. The number of rotatable bonds is 5. The third kappa shape index (κ3) is 4.84. The first-order valence-corrected chi connectivity index (χ1v) is 11.4. The van der Waals surface area contributed by atoms with Crippen LogP contribution in [-0.2, 0) is 4.74 Å². The van der Waals surface area contributed by atoms with Crippen LogP contribution in [-0.4, -0.2) is 67.6 Å². The van der Waals surface area contributed by atoms with E-state index in [1.54, 1.807) is 11.3 Å². The number of hydrogen-bond acceptors (Lipinski definition) is 5. The fraction of sp³-hybridized carbons (Fsp3) is 0.478. The summed E-state index contributed by atoms with van der Waals surface area (Å²) >= 11 is 1.55. The van der Waals surface area contributed by atoms with Gasteiger partial charge in [0, 0.05) is 31.1 Å². The molecule has 0 N–H and O–H groups in total. The third-order valence-electron chi connectivity index (χ3n) is 5.74. The average molecular weight is 429 g/mol. The van der Waals surface area contributed by atoms with Gasteiger partial charge in [-0.2, -0.15) is 0 Å². The van der Waals surface area contributed by atoms with Gasteiger partial charge >= 0.3 is 0 Å². The second-order valence-corrected chi connectivity index (χ2v) is 9.15. The Balaban J connectivity index is 1.31. The number of carbonyl (C=O) groups excluding carboxylic acids is 2. The first-order chi connectivity index (χ1) is 14.6. The highest BCUT2D eigenvalue weighted by Crippen LogP contribution is 2.25. The number of benzene rings is 1. The van der Waals surface area contributed by atoms with Gasteiger partial charge in [0.1, 0.15) is 5.75 Å². The molecule has 0 atom stereocenters. The Hall–Kier alpha value is -2.38. The summed E-state index contributed by atoms with van der Waals surface area (Å²) < 4.78 is 11.4. The summed E-state index contributed by atoms with van der Waals surface area (Å²) in [4.78, 5) is 31.2. The zero-order chi connectivity index (χ0) is 20.9. The molecule has 4 rings (SSSR count). The number of carbonyl (C=O) groups is 2. The van der Waals surface area contributed by atoms with Gasteiger partial charge in [0.2, 0.25) is 0 Å². The van der Waals surface area contributed by atoms with Crippen molar-refractivity contribution in [3.63, 3.8) is 0 Å². The lowest BCUT2D eigenvalue weighted by Crippen LogP contribution is -2.41. The van der Waals surface area contributed by atoms with Crippen LogP contribution in [0, 0.1) is 12.8 Å². The van der Waals surface area contributed by atoms with Gasteiger partial charge in [-0.15, -0.1) is 11.3 Å². The van der Waals surface area contributed by atoms with E-state index >= 15 is 0 Å². The van der Waals surface area contributed by atoms with Crippen molar-refractivity contribution in [3.05, 3.63) is 51.7 Å². The molecule has 3 heterocycles. The molecule has 2 fully saturated rings. The molecule has 0 unspecified atom stereocenters. The van der Waals surface area contributed by atoms with E-state index in [-0.39, 0.29) is 11.8 Å². The molecule has 1 aromatic carbocycles. The smallest absolute Gasteiger partial charge is 0.263 e. The van der Waals surface area contributed by atoms with E-state index in [4.69, 9.17) is 9.47 Å². The molecule has 1 aromatic heterocycles. The summed E-state index contributed by atoms with van der Waals surface area (Å²) in [5, 5.41) is 0. The normalized spacial score (nSPS) is 17.8. The van der Waals surface area contributed by atoms with Gasteiger partial charge in [-0.25, -0.2) is 0 Å². The van der Waals surface area contributed by atoms with E-state index in [9.17, 15) is 9.59 Å². The van der Waals surface area contributed by atoms with Crippen LogP contribution in [0.2, 0.25) is 0 Å². The van der Waals surface area contributed by atoms with Crippen LogP contribution in [0.4, 0.5) is 0 Å². The molecular weight excluding hydrogens is 400 g/mol. The van der Waals surface area contributed by atoms with E-state index in [1.807, 2.05) is 53.1 Å². The Morgan fingerprint density at radius 1 is 1.00 bits per heavy atom. The summed E-state index contributed by atoms with van der Waals surface area (Å²) in [6.45, 7) is 6.47. The molecule has 30 heavy (non-hydrogen) atoms. The SMILES string of the molecule is Cc1ccc(C(=O)N2CCC(COc3ccccc3C(=O)N3CCOCC3)CC2)s1. The number of nitrogens with zero attached hydrogens (tertiary/aromatic N) is 2. The number of piperidine rings is 1. The van der Waals surface area contributed by atoms with E-state index < -0.39 is 0 Å². The number of amides is 2. The molecule has 0 aliphatic carbocycles. The minimum atomic E-state index is 0.000516. The van der Waals surface area contributed by atoms with Crippen molar-refractivity contribution < 1.29 is 19.1 Å². The molecule has 2 saturated heterocycles.